The van der Waals surface area contributed by atoms with Crippen LogP contribution in [0.2, 0.25) is 0 Å². The van der Waals surface area contributed by atoms with Crippen molar-refractivity contribution in [3.63, 3.8) is 0 Å². The van der Waals surface area contributed by atoms with Crippen LogP contribution >= 0.6 is 0 Å². The minimum absolute atomic E-state index is 0.0497. The van der Waals surface area contributed by atoms with Gasteiger partial charge < -0.3 is 10.6 Å². The molecular weight excluding hydrogens is 426 g/mol. The van der Waals surface area contributed by atoms with Crippen LogP contribution in [0.25, 0.3) is 0 Å². The topological polar surface area (TPSA) is 95.6 Å². The molecule has 3 atom stereocenters. The smallest absolute Gasteiger partial charge is 0.243 e. The van der Waals surface area contributed by atoms with Crippen LogP contribution in [0.3, 0.4) is 0 Å². The number of benzene rings is 2. The van der Waals surface area contributed by atoms with Gasteiger partial charge in [0.1, 0.15) is 0 Å². The third-order valence-corrected chi connectivity index (χ3v) is 7.91. The summed E-state index contributed by atoms with van der Waals surface area (Å²) in [6.45, 7) is 4.06. The molecule has 7 nitrogen and oxygen atoms in total. The van der Waals surface area contributed by atoms with E-state index < -0.39 is 10.0 Å². The fourth-order valence-corrected chi connectivity index (χ4v) is 5.71. The van der Waals surface area contributed by atoms with Gasteiger partial charge in [0.2, 0.25) is 21.8 Å². The Labute approximate surface area is 188 Å². The molecule has 32 heavy (non-hydrogen) atoms. The first-order valence-corrected chi connectivity index (χ1v) is 12.2. The average Bonchev–Trinajstić information content (AvgIpc) is 3.61. The predicted molar refractivity (Wildman–Crippen MR) is 122 cm³/mol. The zero-order valence-corrected chi connectivity index (χ0v) is 18.6. The van der Waals surface area contributed by atoms with E-state index in [1.54, 1.807) is 12.1 Å². The Balaban J connectivity index is 1.37. The minimum atomic E-state index is -3.69. The molecule has 1 saturated carbocycles. The number of piperidine rings is 1. The predicted octanol–water partition coefficient (Wildman–Crippen LogP) is 2.88. The Morgan fingerprint density at radius 1 is 1.06 bits per heavy atom. The van der Waals surface area contributed by atoms with Crippen LogP contribution in [0, 0.1) is 5.92 Å². The third kappa shape index (κ3) is 4.92. The normalized spacial score (nSPS) is 23.2. The molecule has 2 aromatic carbocycles. The van der Waals surface area contributed by atoms with E-state index in [0.29, 0.717) is 18.7 Å². The lowest BCUT2D eigenvalue weighted by atomic mass is 10.1. The number of amides is 2. The van der Waals surface area contributed by atoms with Crippen molar-refractivity contribution in [3.05, 3.63) is 72.8 Å². The van der Waals surface area contributed by atoms with E-state index in [-0.39, 0.29) is 41.1 Å². The molecule has 2 amide bonds. The fourth-order valence-electron chi connectivity index (χ4n) is 4.19. The summed E-state index contributed by atoms with van der Waals surface area (Å²) in [6.07, 6.45) is 3.39. The summed E-state index contributed by atoms with van der Waals surface area (Å²) in [4.78, 5) is 24.3. The summed E-state index contributed by atoms with van der Waals surface area (Å²) in [7, 11) is -3.69. The molecule has 2 aromatic rings. The van der Waals surface area contributed by atoms with Crippen LogP contribution < -0.4 is 10.6 Å². The number of rotatable bonds is 7. The molecule has 168 valence electrons. The highest BCUT2D eigenvalue weighted by Crippen LogP contribution is 2.47. The number of nitrogens with one attached hydrogen (secondary N) is 2. The Bertz CT molecular complexity index is 1100. The molecule has 1 aliphatic carbocycles. The zero-order valence-electron chi connectivity index (χ0n) is 17.7. The first kappa shape index (κ1) is 22.2. The molecule has 2 N–H and O–H groups in total. The first-order valence-electron chi connectivity index (χ1n) is 10.8. The van der Waals surface area contributed by atoms with Crippen LogP contribution in [-0.2, 0) is 19.6 Å². The highest BCUT2D eigenvalue weighted by atomic mass is 32.2. The molecule has 0 bridgehead atoms. The summed E-state index contributed by atoms with van der Waals surface area (Å²) in [5, 5.41) is 5.67. The van der Waals surface area contributed by atoms with E-state index in [2.05, 4.69) is 17.2 Å². The highest BCUT2D eigenvalue weighted by Gasteiger charge is 2.43. The number of nitrogens with zero attached hydrogens (tertiary/aromatic N) is 1. The van der Waals surface area contributed by atoms with Crippen molar-refractivity contribution >= 4 is 27.5 Å². The largest absolute Gasteiger partial charge is 0.349 e. The zero-order chi connectivity index (χ0) is 22.7. The SMILES string of the molecule is C=CC(=O)N[C@H]1CCCN(S(=O)(=O)c2ccc(NC(=O)C3CC3c3ccccc3)cc2)C1. The van der Waals surface area contributed by atoms with Crippen molar-refractivity contribution in [2.24, 2.45) is 5.92 Å². The molecule has 0 radical (unpaired) electrons. The molecular formula is C24H27N3O4S. The van der Waals surface area contributed by atoms with E-state index in [1.165, 1.54) is 28.1 Å². The van der Waals surface area contributed by atoms with Crippen molar-refractivity contribution in [2.45, 2.75) is 36.1 Å². The Morgan fingerprint density at radius 2 is 1.78 bits per heavy atom. The minimum Gasteiger partial charge on any atom is -0.349 e. The molecule has 1 saturated heterocycles. The van der Waals surface area contributed by atoms with Gasteiger partial charge in [-0.2, -0.15) is 4.31 Å². The molecule has 2 fully saturated rings. The first-order chi connectivity index (χ1) is 15.4. The van der Waals surface area contributed by atoms with E-state index in [9.17, 15) is 18.0 Å². The quantitative estimate of drug-likeness (QED) is 0.630. The molecule has 8 heteroatoms. The number of carbonyl (C=O) groups excluding carboxylic acids is 2. The molecule has 0 aromatic heterocycles. The van der Waals surface area contributed by atoms with Gasteiger partial charge in [0, 0.05) is 30.7 Å². The second-order valence-electron chi connectivity index (χ2n) is 8.29. The van der Waals surface area contributed by atoms with Gasteiger partial charge in [0.15, 0.2) is 0 Å². The van der Waals surface area contributed by atoms with Crippen LogP contribution in [0.15, 0.2) is 72.1 Å². The van der Waals surface area contributed by atoms with Crippen LogP contribution in [0.4, 0.5) is 5.69 Å². The maximum Gasteiger partial charge on any atom is 0.243 e. The molecule has 4 rings (SSSR count). The lowest BCUT2D eigenvalue weighted by molar-refractivity contribution is -0.118. The monoisotopic (exact) mass is 453 g/mol. The van der Waals surface area contributed by atoms with Gasteiger partial charge in [-0.15, -0.1) is 0 Å². The van der Waals surface area contributed by atoms with Crippen LogP contribution in [0.1, 0.15) is 30.7 Å². The molecule has 0 spiro atoms. The van der Waals surface area contributed by atoms with E-state index >= 15 is 0 Å². The van der Waals surface area contributed by atoms with Crippen molar-refractivity contribution in [3.8, 4) is 0 Å². The molecule has 1 aliphatic heterocycles. The number of carbonyl (C=O) groups is 2. The second kappa shape index (κ2) is 9.26. The van der Waals surface area contributed by atoms with Crippen molar-refractivity contribution < 1.29 is 18.0 Å². The maximum atomic E-state index is 13.0. The van der Waals surface area contributed by atoms with E-state index in [4.69, 9.17) is 0 Å². The maximum absolute atomic E-state index is 13.0. The Kier molecular flexibility index (Phi) is 6.43. The Hall–Kier alpha value is -2.97. The molecule has 2 unspecified atom stereocenters. The fraction of sp³-hybridized carbons (Fsp3) is 0.333. The van der Waals surface area contributed by atoms with Gasteiger partial charge in [0.05, 0.1) is 4.90 Å². The van der Waals surface area contributed by atoms with Crippen molar-refractivity contribution in [1.29, 1.82) is 0 Å². The number of anilines is 1. The summed E-state index contributed by atoms with van der Waals surface area (Å²) in [6, 6.07) is 16.0. The number of hydrogen-bond donors (Lipinski definition) is 2. The Morgan fingerprint density at radius 3 is 2.47 bits per heavy atom. The van der Waals surface area contributed by atoms with E-state index in [0.717, 1.165) is 12.8 Å². The standard InChI is InChI=1S/C24H27N3O4S/c1-2-23(28)25-19-9-6-14-27(16-19)32(30,31)20-12-10-18(11-13-20)26-24(29)22-15-21(22)17-7-4-3-5-8-17/h2-5,7-8,10-13,19,21-22H,1,6,9,14-16H2,(H,25,28)(H,26,29)/t19-,21?,22?/m0/s1. The second-order valence-corrected chi connectivity index (χ2v) is 10.2. The highest BCUT2D eigenvalue weighted by molar-refractivity contribution is 7.89. The molecule has 2 aliphatic rings. The van der Waals surface area contributed by atoms with Gasteiger partial charge >= 0.3 is 0 Å². The number of hydrogen-bond acceptors (Lipinski definition) is 4. The van der Waals surface area contributed by atoms with Crippen LogP contribution in [0.5, 0.6) is 0 Å². The molecule has 1 heterocycles. The van der Waals surface area contributed by atoms with Crippen LogP contribution in [-0.4, -0.2) is 43.7 Å². The lowest BCUT2D eigenvalue weighted by Gasteiger charge is -2.32. The van der Waals surface area contributed by atoms with Crippen molar-refractivity contribution in [1.82, 2.24) is 9.62 Å². The summed E-state index contributed by atoms with van der Waals surface area (Å²) in [5.41, 5.74) is 1.74. The lowest BCUT2D eigenvalue weighted by Crippen LogP contribution is -2.49. The van der Waals surface area contributed by atoms with Gasteiger partial charge in [0.25, 0.3) is 0 Å². The number of sulfonamides is 1. The summed E-state index contributed by atoms with van der Waals surface area (Å²) in [5.74, 6) is -0.174. The average molecular weight is 454 g/mol. The third-order valence-electron chi connectivity index (χ3n) is 6.03. The summed E-state index contributed by atoms with van der Waals surface area (Å²) >= 11 is 0. The van der Waals surface area contributed by atoms with Gasteiger partial charge in [-0.25, -0.2) is 8.42 Å². The van der Waals surface area contributed by atoms with Crippen molar-refractivity contribution in [2.75, 3.05) is 18.4 Å². The summed E-state index contributed by atoms with van der Waals surface area (Å²) < 4.78 is 27.5. The van der Waals surface area contributed by atoms with E-state index in [1.807, 2.05) is 30.3 Å². The van der Waals surface area contributed by atoms with Gasteiger partial charge in [-0.05, 0) is 61.1 Å². The van der Waals surface area contributed by atoms with Gasteiger partial charge in [-0.3, -0.25) is 9.59 Å². The van der Waals surface area contributed by atoms with Gasteiger partial charge in [-0.1, -0.05) is 36.9 Å².